The monoisotopic (exact) mass is 406 g/mol. The van der Waals surface area contributed by atoms with Crippen LogP contribution in [0.2, 0.25) is 0 Å². The quantitative estimate of drug-likeness (QED) is 0.629. The van der Waals surface area contributed by atoms with Crippen molar-refractivity contribution in [2.75, 3.05) is 31.5 Å². The smallest absolute Gasteiger partial charge is 0.223 e. The Balaban J connectivity index is 1.40. The third-order valence-corrected chi connectivity index (χ3v) is 5.36. The third-order valence-electron chi connectivity index (χ3n) is 5.36. The van der Waals surface area contributed by atoms with Crippen LogP contribution in [0.3, 0.4) is 0 Å². The standard InChI is InChI=1S/C23H27FN6/c1-17-13-25-9-10-30(17)16-19-11-20(15-26-14-19)22-6-8-28-23(29-22)27-7-5-18-3-2-4-21(24)12-18/h2-4,6,8,11-12,14-15,17,25H,5,7,9-10,13,16H2,1H3,(H,27,28,29)/t17-/m0/s1. The van der Waals surface area contributed by atoms with E-state index in [-0.39, 0.29) is 5.82 Å². The molecule has 0 bridgehead atoms. The summed E-state index contributed by atoms with van der Waals surface area (Å²) in [7, 11) is 0. The molecule has 2 N–H and O–H groups in total. The minimum atomic E-state index is -0.215. The van der Waals surface area contributed by atoms with Gasteiger partial charge in [-0.25, -0.2) is 14.4 Å². The lowest BCUT2D eigenvalue weighted by Gasteiger charge is -2.33. The Bertz CT molecular complexity index is 979. The van der Waals surface area contributed by atoms with Crippen LogP contribution in [0.15, 0.2) is 55.0 Å². The van der Waals surface area contributed by atoms with Crippen LogP contribution in [-0.4, -0.2) is 52.1 Å². The zero-order valence-corrected chi connectivity index (χ0v) is 17.2. The van der Waals surface area contributed by atoms with Crippen LogP contribution in [0.25, 0.3) is 11.3 Å². The normalized spacial score (nSPS) is 17.1. The van der Waals surface area contributed by atoms with Crippen molar-refractivity contribution < 1.29 is 4.39 Å². The highest BCUT2D eigenvalue weighted by atomic mass is 19.1. The molecule has 1 aliphatic rings. The molecule has 3 heterocycles. The molecule has 0 unspecified atom stereocenters. The van der Waals surface area contributed by atoms with Gasteiger partial charge in [-0.3, -0.25) is 9.88 Å². The third kappa shape index (κ3) is 5.37. The zero-order valence-electron chi connectivity index (χ0n) is 17.2. The number of hydrogen-bond donors (Lipinski definition) is 2. The van der Waals surface area contributed by atoms with Gasteiger partial charge in [0, 0.05) is 62.9 Å². The number of hydrogen-bond acceptors (Lipinski definition) is 6. The van der Waals surface area contributed by atoms with Crippen molar-refractivity contribution in [2.24, 2.45) is 0 Å². The summed E-state index contributed by atoms with van der Waals surface area (Å²) < 4.78 is 13.3. The first-order valence-corrected chi connectivity index (χ1v) is 10.4. The summed E-state index contributed by atoms with van der Waals surface area (Å²) in [5.74, 6) is 0.346. The largest absolute Gasteiger partial charge is 0.354 e. The zero-order chi connectivity index (χ0) is 20.8. The fourth-order valence-corrected chi connectivity index (χ4v) is 3.68. The highest BCUT2D eigenvalue weighted by molar-refractivity contribution is 5.59. The summed E-state index contributed by atoms with van der Waals surface area (Å²) in [4.78, 5) is 15.8. The molecule has 0 saturated carbocycles. The molecule has 2 aromatic heterocycles. The number of halogens is 1. The number of anilines is 1. The average molecular weight is 407 g/mol. The van der Waals surface area contributed by atoms with E-state index >= 15 is 0 Å². The van der Waals surface area contributed by atoms with Gasteiger partial charge in [0.05, 0.1) is 5.69 Å². The number of nitrogens with one attached hydrogen (secondary N) is 2. The number of piperazine rings is 1. The van der Waals surface area contributed by atoms with E-state index in [2.05, 4.69) is 43.5 Å². The molecule has 1 atom stereocenters. The molecule has 0 amide bonds. The summed E-state index contributed by atoms with van der Waals surface area (Å²) in [6.07, 6.45) is 6.21. The molecule has 1 fully saturated rings. The van der Waals surface area contributed by atoms with Crippen LogP contribution < -0.4 is 10.6 Å². The summed E-state index contributed by atoms with van der Waals surface area (Å²) in [5, 5.41) is 6.65. The first kappa shape index (κ1) is 20.4. The molecule has 1 aliphatic heterocycles. The van der Waals surface area contributed by atoms with E-state index in [1.165, 1.54) is 11.6 Å². The van der Waals surface area contributed by atoms with E-state index in [1.54, 1.807) is 18.3 Å². The van der Waals surface area contributed by atoms with Crippen molar-refractivity contribution in [3.05, 3.63) is 71.9 Å². The van der Waals surface area contributed by atoms with Crippen molar-refractivity contribution in [3.63, 3.8) is 0 Å². The highest BCUT2D eigenvalue weighted by Crippen LogP contribution is 2.19. The lowest BCUT2D eigenvalue weighted by Crippen LogP contribution is -2.49. The van der Waals surface area contributed by atoms with Gasteiger partial charge in [-0.1, -0.05) is 12.1 Å². The molecular formula is C23H27FN6. The Kier molecular flexibility index (Phi) is 6.61. The van der Waals surface area contributed by atoms with Crippen LogP contribution in [0.1, 0.15) is 18.1 Å². The van der Waals surface area contributed by atoms with Crippen molar-refractivity contribution in [1.82, 2.24) is 25.2 Å². The second-order valence-corrected chi connectivity index (χ2v) is 7.68. The van der Waals surface area contributed by atoms with Gasteiger partial charge in [-0.15, -0.1) is 0 Å². The number of rotatable bonds is 7. The van der Waals surface area contributed by atoms with Crippen LogP contribution in [-0.2, 0) is 13.0 Å². The first-order chi connectivity index (χ1) is 14.7. The molecule has 7 heteroatoms. The van der Waals surface area contributed by atoms with Crippen molar-refractivity contribution in [1.29, 1.82) is 0 Å². The van der Waals surface area contributed by atoms with E-state index in [4.69, 9.17) is 0 Å². The van der Waals surface area contributed by atoms with Gasteiger partial charge >= 0.3 is 0 Å². The maximum Gasteiger partial charge on any atom is 0.223 e. The molecule has 0 aliphatic carbocycles. The maximum absolute atomic E-state index is 13.3. The van der Waals surface area contributed by atoms with Gasteiger partial charge in [0.1, 0.15) is 5.82 Å². The van der Waals surface area contributed by atoms with E-state index < -0.39 is 0 Å². The highest BCUT2D eigenvalue weighted by Gasteiger charge is 2.18. The van der Waals surface area contributed by atoms with E-state index in [0.29, 0.717) is 25.0 Å². The number of benzene rings is 1. The number of pyridine rings is 1. The van der Waals surface area contributed by atoms with Crippen LogP contribution in [0.4, 0.5) is 10.3 Å². The fraction of sp³-hybridized carbons (Fsp3) is 0.348. The summed E-state index contributed by atoms with van der Waals surface area (Å²) >= 11 is 0. The predicted molar refractivity (Wildman–Crippen MR) is 117 cm³/mol. The molecule has 1 aromatic carbocycles. The molecule has 3 aromatic rings. The van der Waals surface area contributed by atoms with E-state index in [9.17, 15) is 4.39 Å². The molecule has 0 radical (unpaired) electrons. The van der Waals surface area contributed by atoms with Crippen molar-refractivity contribution in [3.8, 4) is 11.3 Å². The van der Waals surface area contributed by atoms with Gasteiger partial charge in [-0.05, 0) is 48.7 Å². The molecule has 1 saturated heterocycles. The predicted octanol–water partition coefficient (Wildman–Crippen LogP) is 3.13. The topological polar surface area (TPSA) is 66.0 Å². The van der Waals surface area contributed by atoms with Crippen LogP contribution in [0, 0.1) is 5.82 Å². The van der Waals surface area contributed by atoms with Gasteiger partial charge in [0.25, 0.3) is 0 Å². The Morgan fingerprint density at radius 3 is 3.00 bits per heavy atom. The second-order valence-electron chi connectivity index (χ2n) is 7.68. The van der Waals surface area contributed by atoms with Crippen LogP contribution in [0.5, 0.6) is 0 Å². The SMILES string of the molecule is C[C@H]1CNCCN1Cc1cncc(-c2ccnc(NCCc3cccc(F)c3)n2)c1. The molecular weight excluding hydrogens is 379 g/mol. The second kappa shape index (κ2) is 9.73. The van der Waals surface area contributed by atoms with Gasteiger partial charge < -0.3 is 10.6 Å². The lowest BCUT2D eigenvalue weighted by molar-refractivity contribution is 0.165. The Morgan fingerprint density at radius 1 is 1.20 bits per heavy atom. The molecule has 4 rings (SSSR count). The van der Waals surface area contributed by atoms with Crippen molar-refractivity contribution >= 4 is 5.95 Å². The molecule has 6 nitrogen and oxygen atoms in total. The number of nitrogens with zero attached hydrogens (tertiary/aromatic N) is 4. The summed E-state index contributed by atoms with van der Waals surface area (Å²) in [6, 6.07) is 11.2. The molecule has 156 valence electrons. The fourth-order valence-electron chi connectivity index (χ4n) is 3.68. The van der Waals surface area contributed by atoms with Gasteiger partial charge in [0.15, 0.2) is 0 Å². The van der Waals surface area contributed by atoms with E-state index in [0.717, 1.165) is 43.0 Å². The maximum atomic E-state index is 13.3. The Labute approximate surface area is 176 Å². The lowest BCUT2D eigenvalue weighted by atomic mass is 10.1. The van der Waals surface area contributed by atoms with Gasteiger partial charge in [-0.2, -0.15) is 0 Å². The molecule has 0 spiro atoms. The van der Waals surface area contributed by atoms with Gasteiger partial charge in [0.2, 0.25) is 5.95 Å². The average Bonchev–Trinajstić information content (AvgIpc) is 2.76. The van der Waals surface area contributed by atoms with E-state index in [1.807, 2.05) is 24.5 Å². The molecule has 30 heavy (non-hydrogen) atoms. The first-order valence-electron chi connectivity index (χ1n) is 10.4. The minimum absolute atomic E-state index is 0.215. The number of aromatic nitrogens is 3. The summed E-state index contributed by atoms with van der Waals surface area (Å²) in [5.41, 5.74) is 3.94. The van der Waals surface area contributed by atoms with Crippen molar-refractivity contribution in [2.45, 2.75) is 25.9 Å². The minimum Gasteiger partial charge on any atom is -0.354 e. The Hall–Kier alpha value is -2.90. The van der Waals surface area contributed by atoms with Crippen LogP contribution >= 0.6 is 0 Å². The summed E-state index contributed by atoms with van der Waals surface area (Å²) in [6.45, 7) is 6.84. The Morgan fingerprint density at radius 2 is 2.13 bits per heavy atom.